The van der Waals surface area contributed by atoms with Crippen molar-refractivity contribution in [2.75, 3.05) is 0 Å². The van der Waals surface area contributed by atoms with Crippen LogP contribution in [0.25, 0.3) is 27.8 Å². The average Bonchev–Trinajstić information content (AvgIpc) is 2.61. The third-order valence-electron chi connectivity index (χ3n) is 4.05. The predicted molar refractivity (Wildman–Crippen MR) is 96.8 cm³/mol. The number of nitrogens with zero attached hydrogens (tertiary/aromatic N) is 3. The van der Waals surface area contributed by atoms with Crippen LogP contribution in [0.4, 0.5) is 0 Å². The number of aromatic nitrogens is 4. The van der Waals surface area contributed by atoms with E-state index in [4.69, 9.17) is 12.2 Å². The highest BCUT2D eigenvalue weighted by atomic mass is 32.1. The molecule has 0 aliphatic rings. The number of para-hydroxylation sites is 1. The second-order valence-corrected chi connectivity index (χ2v) is 5.89. The second kappa shape index (κ2) is 5.65. The van der Waals surface area contributed by atoms with Crippen LogP contribution in [0.2, 0.25) is 0 Å². The van der Waals surface area contributed by atoms with Gasteiger partial charge in [0.05, 0.1) is 5.52 Å². The number of fused-ring (bicyclic) bond motifs is 3. The molecule has 0 bridgehead atoms. The van der Waals surface area contributed by atoms with Crippen molar-refractivity contribution in [3.63, 3.8) is 0 Å². The zero-order valence-corrected chi connectivity index (χ0v) is 13.8. The van der Waals surface area contributed by atoms with E-state index in [1.807, 2.05) is 48.5 Å². The topological polar surface area (TPSA) is 63.1 Å². The number of hydrogen-bond acceptors (Lipinski definition) is 4. The fourth-order valence-corrected chi connectivity index (χ4v) is 2.97. The summed E-state index contributed by atoms with van der Waals surface area (Å²) in [6, 6.07) is 15.3. The van der Waals surface area contributed by atoms with Crippen LogP contribution < -0.4 is 5.56 Å². The lowest BCUT2D eigenvalue weighted by Crippen LogP contribution is -2.17. The Balaban J connectivity index is 2.03. The molecule has 0 atom stereocenters. The molecule has 5 nitrogen and oxygen atoms in total. The molecule has 0 fully saturated rings. The van der Waals surface area contributed by atoms with E-state index in [1.54, 1.807) is 0 Å². The van der Waals surface area contributed by atoms with Crippen LogP contribution in [0, 0.1) is 4.77 Å². The third kappa shape index (κ3) is 2.32. The fourth-order valence-electron chi connectivity index (χ4n) is 2.74. The van der Waals surface area contributed by atoms with E-state index in [2.05, 4.69) is 22.0 Å². The van der Waals surface area contributed by atoms with E-state index in [0.717, 1.165) is 22.9 Å². The summed E-state index contributed by atoms with van der Waals surface area (Å²) >= 11 is 5.34. The van der Waals surface area contributed by atoms with Crippen molar-refractivity contribution in [2.24, 2.45) is 0 Å². The van der Waals surface area contributed by atoms with Gasteiger partial charge in [0.1, 0.15) is 5.65 Å². The monoisotopic (exact) mass is 334 g/mol. The maximum Gasteiger partial charge on any atom is 0.277 e. The van der Waals surface area contributed by atoms with Crippen LogP contribution >= 0.6 is 12.2 Å². The summed E-state index contributed by atoms with van der Waals surface area (Å²) in [5.74, 6) is 0. The van der Waals surface area contributed by atoms with Gasteiger partial charge in [0.2, 0.25) is 4.77 Å². The second-order valence-electron chi connectivity index (χ2n) is 5.53. The van der Waals surface area contributed by atoms with Gasteiger partial charge in [-0.25, -0.2) is 4.98 Å². The minimum Gasteiger partial charge on any atom is -0.304 e. The Morgan fingerprint density at radius 2 is 1.88 bits per heavy atom. The van der Waals surface area contributed by atoms with E-state index >= 15 is 0 Å². The number of benzene rings is 2. The predicted octanol–water partition coefficient (Wildman–Crippen LogP) is 3.53. The van der Waals surface area contributed by atoms with Crippen LogP contribution in [0.15, 0.2) is 53.3 Å². The van der Waals surface area contributed by atoms with Gasteiger partial charge in [0.15, 0.2) is 5.69 Å². The van der Waals surface area contributed by atoms with Crippen LogP contribution in [0.3, 0.4) is 0 Å². The van der Waals surface area contributed by atoms with Gasteiger partial charge in [-0.15, -0.1) is 0 Å². The molecule has 0 aliphatic carbocycles. The quantitative estimate of drug-likeness (QED) is 0.450. The number of hydrogen-bond donors (Lipinski definition) is 1. The third-order valence-corrected chi connectivity index (χ3v) is 4.32. The molecule has 0 aliphatic heterocycles. The standard InChI is InChI=1S/C18H14N4OS/c1-2-11-7-9-12(10-8-11)15-17(23)20-16-13-5-3-4-6-14(13)19-18(24)22(16)21-15/h3-10H,2H2,1H3,(H,20,23). The molecular weight excluding hydrogens is 320 g/mol. The molecule has 4 rings (SSSR count). The van der Waals surface area contributed by atoms with Gasteiger partial charge in [-0.3, -0.25) is 4.79 Å². The molecule has 4 aromatic rings. The first-order valence-electron chi connectivity index (χ1n) is 7.69. The minimum atomic E-state index is -0.245. The largest absolute Gasteiger partial charge is 0.304 e. The Morgan fingerprint density at radius 3 is 2.62 bits per heavy atom. The first-order valence-corrected chi connectivity index (χ1v) is 8.09. The number of H-pyrrole nitrogens is 1. The van der Waals surface area contributed by atoms with E-state index in [0.29, 0.717) is 16.1 Å². The lowest BCUT2D eigenvalue weighted by atomic mass is 10.1. The summed E-state index contributed by atoms with van der Waals surface area (Å²) in [6.45, 7) is 2.09. The van der Waals surface area contributed by atoms with Gasteiger partial charge in [-0.2, -0.15) is 9.61 Å². The van der Waals surface area contributed by atoms with Crippen LogP contribution in [-0.2, 0) is 6.42 Å². The Morgan fingerprint density at radius 1 is 1.12 bits per heavy atom. The van der Waals surface area contributed by atoms with Crippen LogP contribution in [0.1, 0.15) is 12.5 Å². The van der Waals surface area contributed by atoms with E-state index < -0.39 is 0 Å². The molecule has 0 amide bonds. The van der Waals surface area contributed by atoms with Crippen molar-refractivity contribution in [3.05, 3.63) is 69.2 Å². The highest BCUT2D eigenvalue weighted by Crippen LogP contribution is 2.18. The van der Waals surface area contributed by atoms with Gasteiger partial charge in [-0.05, 0) is 36.3 Å². The highest BCUT2D eigenvalue weighted by Gasteiger charge is 2.11. The molecule has 118 valence electrons. The van der Waals surface area contributed by atoms with Gasteiger partial charge >= 0.3 is 0 Å². The molecule has 24 heavy (non-hydrogen) atoms. The molecule has 0 saturated carbocycles. The molecule has 6 heteroatoms. The Hall–Kier alpha value is -2.86. The lowest BCUT2D eigenvalue weighted by molar-refractivity contribution is 0.856. The number of nitrogens with one attached hydrogen (secondary N) is 1. The smallest absolute Gasteiger partial charge is 0.277 e. The summed E-state index contributed by atoms with van der Waals surface area (Å²) in [4.78, 5) is 19.9. The van der Waals surface area contributed by atoms with E-state index in [-0.39, 0.29) is 5.56 Å². The van der Waals surface area contributed by atoms with Crippen LogP contribution in [0.5, 0.6) is 0 Å². The van der Waals surface area contributed by atoms with Crippen molar-refractivity contribution in [2.45, 2.75) is 13.3 Å². The molecule has 0 spiro atoms. The summed E-state index contributed by atoms with van der Waals surface area (Å²) in [5.41, 5.74) is 3.35. The molecule has 2 heterocycles. The molecule has 0 saturated heterocycles. The Kier molecular flexibility index (Phi) is 3.46. The van der Waals surface area contributed by atoms with Crippen molar-refractivity contribution in [1.29, 1.82) is 0 Å². The van der Waals surface area contributed by atoms with Crippen molar-refractivity contribution < 1.29 is 0 Å². The SMILES string of the molecule is CCc1ccc(-c2nn3c(=S)nc4ccccc4c3[nH]c2=O)cc1. The first-order chi connectivity index (χ1) is 11.7. The molecular formula is C18H14N4OS. The van der Waals surface area contributed by atoms with Gasteiger partial charge < -0.3 is 4.98 Å². The highest BCUT2D eigenvalue weighted by molar-refractivity contribution is 7.71. The van der Waals surface area contributed by atoms with Crippen molar-refractivity contribution in [3.8, 4) is 11.3 Å². The average molecular weight is 334 g/mol. The number of aryl methyl sites for hydroxylation is 1. The Labute approximate surface area is 142 Å². The fraction of sp³-hybridized carbons (Fsp3) is 0.111. The first kappa shape index (κ1) is 14.7. The van der Waals surface area contributed by atoms with Crippen molar-refractivity contribution >= 4 is 28.8 Å². The molecule has 2 aromatic heterocycles. The minimum absolute atomic E-state index is 0.245. The molecule has 2 aromatic carbocycles. The maximum atomic E-state index is 12.6. The summed E-state index contributed by atoms with van der Waals surface area (Å²) in [6.07, 6.45) is 0.947. The maximum absolute atomic E-state index is 12.6. The number of aromatic amines is 1. The zero-order chi connectivity index (χ0) is 16.7. The normalized spacial score (nSPS) is 11.2. The van der Waals surface area contributed by atoms with Crippen molar-refractivity contribution in [1.82, 2.24) is 19.6 Å². The summed E-state index contributed by atoms with van der Waals surface area (Å²) in [5, 5.41) is 5.27. The van der Waals surface area contributed by atoms with Crippen LogP contribution in [-0.4, -0.2) is 19.6 Å². The summed E-state index contributed by atoms with van der Waals surface area (Å²) < 4.78 is 1.83. The lowest BCUT2D eigenvalue weighted by Gasteiger charge is -2.07. The van der Waals surface area contributed by atoms with Gasteiger partial charge in [-0.1, -0.05) is 43.3 Å². The van der Waals surface area contributed by atoms with Gasteiger partial charge in [0, 0.05) is 10.9 Å². The van der Waals surface area contributed by atoms with E-state index in [9.17, 15) is 4.79 Å². The Bertz CT molecular complexity index is 1180. The molecule has 0 unspecified atom stereocenters. The molecule has 1 N–H and O–H groups in total. The summed E-state index contributed by atoms with van der Waals surface area (Å²) in [7, 11) is 0. The molecule has 0 radical (unpaired) electrons. The zero-order valence-electron chi connectivity index (χ0n) is 13.0. The van der Waals surface area contributed by atoms with E-state index in [1.165, 1.54) is 10.1 Å². The van der Waals surface area contributed by atoms with Gasteiger partial charge in [0.25, 0.3) is 5.56 Å². The number of rotatable bonds is 2.